The Morgan fingerprint density at radius 2 is 1.56 bits per heavy atom. The second-order valence-corrected chi connectivity index (χ2v) is 17.1. The van der Waals surface area contributed by atoms with Gasteiger partial charge in [-0.2, -0.15) is 0 Å². The van der Waals surface area contributed by atoms with Crippen LogP contribution in [0.2, 0.25) is 0 Å². The topological polar surface area (TPSA) is 120 Å². The Labute approximate surface area is 324 Å². The molecule has 0 aromatic heterocycles. The van der Waals surface area contributed by atoms with E-state index in [1.807, 2.05) is 115 Å². The quantitative estimate of drug-likeness (QED) is 0.140. The third kappa shape index (κ3) is 10.7. The van der Waals surface area contributed by atoms with Crippen LogP contribution in [0.1, 0.15) is 86.3 Å². The summed E-state index contributed by atoms with van der Waals surface area (Å²) in [4.78, 5) is 58.7. The molecule has 3 amide bonds. The third-order valence-corrected chi connectivity index (χ3v) is 11.2. The van der Waals surface area contributed by atoms with E-state index in [2.05, 4.69) is 28.1 Å². The minimum Gasteiger partial charge on any atom is -0.377 e. The molecule has 1 fully saturated rings. The number of hydrogen-bond acceptors (Lipinski definition) is 7. The van der Waals surface area contributed by atoms with E-state index in [1.165, 1.54) is 5.56 Å². The first-order chi connectivity index (χ1) is 25.3. The Bertz CT molecular complexity index is 1570. The van der Waals surface area contributed by atoms with Crippen molar-refractivity contribution < 1.29 is 23.9 Å². The summed E-state index contributed by atoms with van der Waals surface area (Å²) < 4.78 is 6.00. The lowest BCUT2D eigenvalue weighted by Gasteiger charge is -2.41. The first-order valence-corrected chi connectivity index (χ1v) is 19.4. The monoisotopic (exact) mass is 746 g/mol. The molecule has 10 nitrogen and oxygen atoms in total. The first-order valence-electron chi connectivity index (χ1n) is 19.4. The molecule has 1 heterocycles. The number of aldehydes is 1. The fourth-order valence-corrected chi connectivity index (χ4v) is 7.88. The molecule has 0 spiro atoms. The number of likely N-dealkylation sites (tertiary alicyclic amines) is 1. The van der Waals surface area contributed by atoms with Gasteiger partial charge in [-0.1, -0.05) is 115 Å². The molecular formula is C44H67N5O5. The van der Waals surface area contributed by atoms with E-state index in [0.29, 0.717) is 25.1 Å². The summed E-state index contributed by atoms with van der Waals surface area (Å²) >= 11 is 0. The van der Waals surface area contributed by atoms with Crippen molar-refractivity contribution in [3.63, 3.8) is 0 Å². The summed E-state index contributed by atoms with van der Waals surface area (Å²) in [5, 5.41) is 9.73. The summed E-state index contributed by atoms with van der Waals surface area (Å²) in [7, 11) is 5.10. The van der Waals surface area contributed by atoms with E-state index in [9.17, 15) is 19.2 Å². The van der Waals surface area contributed by atoms with Crippen LogP contribution in [0.5, 0.6) is 0 Å². The summed E-state index contributed by atoms with van der Waals surface area (Å²) in [5.41, 5.74) is 0.499. The van der Waals surface area contributed by atoms with Crippen LogP contribution in [0, 0.1) is 11.3 Å². The highest BCUT2D eigenvalue weighted by molar-refractivity contribution is 5.94. The number of ether oxygens (including phenoxy) is 1. The lowest BCUT2D eigenvalue weighted by Crippen LogP contribution is -2.62. The highest BCUT2D eigenvalue weighted by Gasteiger charge is 2.46. The molecule has 0 aliphatic carbocycles. The van der Waals surface area contributed by atoms with E-state index in [4.69, 9.17) is 4.74 Å². The van der Waals surface area contributed by atoms with E-state index in [1.54, 1.807) is 33.0 Å². The Hall–Kier alpha value is -3.86. The number of methoxy groups -OCH3 is 1. The number of carbonyl (C=O) groups is 4. The van der Waals surface area contributed by atoms with E-state index >= 15 is 0 Å². The van der Waals surface area contributed by atoms with Gasteiger partial charge in [0, 0.05) is 38.2 Å². The zero-order valence-electron chi connectivity index (χ0n) is 34.9. The zero-order valence-corrected chi connectivity index (χ0v) is 34.9. The lowest BCUT2D eigenvalue weighted by atomic mass is 9.76. The maximum atomic E-state index is 14.4. The third-order valence-electron chi connectivity index (χ3n) is 11.2. The predicted octanol–water partition coefficient (Wildman–Crippen LogP) is 5.31. The largest absolute Gasteiger partial charge is 0.377 e. The molecule has 1 aliphatic heterocycles. The van der Waals surface area contributed by atoms with Crippen molar-refractivity contribution in [2.75, 3.05) is 34.3 Å². The molecule has 6 atom stereocenters. The molecule has 298 valence electrons. The van der Waals surface area contributed by atoms with Gasteiger partial charge in [-0.25, -0.2) is 0 Å². The number of likely N-dealkylation sites (N-methyl/N-ethyl adjacent to an activating group) is 2. The summed E-state index contributed by atoms with van der Waals surface area (Å²) in [6.07, 6.45) is 4.44. The van der Waals surface area contributed by atoms with Crippen LogP contribution >= 0.6 is 0 Å². The van der Waals surface area contributed by atoms with Gasteiger partial charge in [0.15, 0.2) is 0 Å². The van der Waals surface area contributed by atoms with Gasteiger partial charge in [-0.05, 0) is 62.6 Å². The number of amides is 3. The van der Waals surface area contributed by atoms with Crippen LogP contribution in [-0.2, 0) is 35.8 Å². The number of nitrogens with zero attached hydrogens (tertiary/aromatic N) is 2. The second kappa shape index (κ2) is 19.1. The fraction of sp³-hybridized carbons (Fsp3) is 0.591. The van der Waals surface area contributed by atoms with Gasteiger partial charge in [0.2, 0.25) is 17.7 Å². The van der Waals surface area contributed by atoms with Crippen molar-refractivity contribution >= 4 is 24.0 Å². The van der Waals surface area contributed by atoms with Gasteiger partial charge in [0.25, 0.3) is 0 Å². The molecular weight excluding hydrogens is 679 g/mol. The number of rotatable bonds is 18. The molecule has 3 rings (SSSR count). The summed E-state index contributed by atoms with van der Waals surface area (Å²) in [6.45, 7) is 18.6. The van der Waals surface area contributed by atoms with Crippen LogP contribution in [-0.4, -0.2) is 104 Å². The molecule has 1 aliphatic rings. The second-order valence-electron chi connectivity index (χ2n) is 17.1. The molecule has 54 heavy (non-hydrogen) atoms. The number of nitrogens with one attached hydrogen (secondary N) is 3. The molecule has 0 saturated carbocycles. The number of benzene rings is 2. The smallest absolute Gasteiger partial charge is 0.249 e. The normalized spacial score (nSPS) is 18.7. The summed E-state index contributed by atoms with van der Waals surface area (Å²) in [5.74, 6) is -0.682. The van der Waals surface area contributed by atoms with Gasteiger partial charge in [0.1, 0.15) is 18.4 Å². The van der Waals surface area contributed by atoms with Crippen molar-refractivity contribution in [3.8, 4) is 0 Å². The Kier molecular flexibility index (Phi) is 15.8. The van der Waals surface area contributed by atoms with Crippen molar-refractivity contribution in [1.29, 1.82) is 0 Å². The molecule has 2 unspecified atom stereocenters. The molecule has 2 aromatic carbocycles. The van der Waals surface area contributed by atoms with Crippen molar-refractivity contribution in [3.05, 3.63) is 83.4 Å². The first kappa shape index (κ1) is 44.5. The molecule has 10 heteroatoms. The maximum Gasteiger partial charge on any atom is 0.249 e. The number of hydrogen-bond donors (Lipinski definition) is 3. The molecule has 3 N–H and O–H groups in total. The average Bonchev–Trinajstić information content (AvgIpc) is 3.61. The van der Waals surface area contributed by atoms with Crippen LogP contribution in [0.3, 0.4) is 0 Å². The predicted molar refractivity (Wildman–Crippen MR) is 217 cm³/mol. The van der Waals surface area contributed by atoms with Crippen LogP contribution in [0.15, 0.2) is 72.3 Å². The molecule has 2 aromatic rings. The minimum absolute atomic E-state index is 0.0339. The highest BCUT2D eigenvalue weighted by atomic mass is 16.5. The highest BCUT2D eigenvalue weighted by Crippen LogP contribution is 2.31. The van der Waals surface area contributed by atoms with E-state index in [-0.39, 0.29) is 29.7 Å². The van der Waals surface area contributed by atoms with Crippen LogP contribution in [0.4, 0.5) is 0 Å². The van der Waals surface area contributed by atoms with Gasteiger partial charge in [-0.3, -0.25) is 14.4 Å². The molecule has 1 saturated heterocycles. The van der Waals surface area contributed by atoms with Gasteiger partial charge < -0.3 is 35.3 Å². The van der Waals surface area contributed by atoms with Crippen molar-refractivity contribution in [2.45, 2.75) is 123 Å². The SMILES string of the molecule is CN[C@H](C(=O)N[C@H](C(=O)N(C)C(/C=C(\C)C(=O)N1CCC[C@@H]1[C@H](OC)C(C)(C=O)NCCc1ccccc1)C(C)C)C(C)(C)C)C(C)(C)c1ccccc1. The van der Waals surface area contributed by atoms with E-state index in [0.717, 1.165) is 24.7 Å². The van der Waals surface area contributed by atoms with Crippen LogP contribution in [0.25, 0.3) is 0 Å². The van der Waals surface area contributed by atoms with Crippen molar-refractivity contribution in [2.24, 2.45) is 11.3 Å². The van der Waals surface area contributed by atoms with Crippen LogP contribution < -0.4 is 16.0 Å². The number of carbonyl (C=O) groups excluding carboxylic acids is 4. The van der Waals surface area contributed by atoms with Gasteiger partial charge >= 0.3 is 0 Å². The van der Waals surface area contributed by atoms with E-state index < -0.39 is 40.6 Å². The Balaban J connectivity index is 1.82. The van der Waals surface area contributed by atoms with Gasteiger partial charge in [0.05, 0.1) is 23.7 Å². The standard InChI is InChI=1S/C44H67N5O5/c1-30(2)35(48(11)41(53)37(42(4,5)6)47-39(51)36(45-10)43(7,8)33-22-17-14-18-23-33)28-31(3)40(52)49-27-19-24-34(49)38(54-12)44(9,29-50)46-26-25-32-20-15-13-16-21-32/h13-18,20-23,28-30,34-38,45-46H,19,24-27H2,1-12H3,(H,47,51)/b31-28+/t34-,35?,36-,37-,38+,44?/m1/s1. The Morgan fingerprint density at radius 1 is 0.963 bits per heavy atom. The lowest BCUT2D eigenvalue weighted by molar-refractivity contribution is -0.141. The molecule has 0 bridgehead atoms. The maximum absolute atomic E-state index is 14.4. The fourth-order valence-electron chi connectivity index (χ4n) is 7.88. The van der Waals surface area contributed by atoms with Gasteiger partial charge in [-0.15, -0.1) is 0 Å². The average molecular weight is 746 g/mol. The molecule has 0 radical (unpaired) electrons. The Morgan fingerprint density at radius 3 is 2.07 bits per heavy atom. The summed E-state index contributed by atoms with van der Waals surface area (Å²) in [6, 6.07) is 17.8. The zero-order chi connectivity index (χ0) is 40.4. The minimum atomic E-state index is -1.02. The van der Waals surface area contributed by atoms with Crippen molar-refractivity contribution in [1.82, 2.24) is 25.8 Å².